The number of hydrogen-bond acceptors (Lipinski definition) is 4. The third-order valence-corrected chi connectivity index (χ3v) is 10.2. The minimum atomic E-state index is -0.277. The third kappa shape index (κ3) is 6.11. The van der Waals surface area contributed by atoms with E-state index in [2.05, 4.69) is 14.2 Å². The highest BCUT2D eigenvalue weighted by molar-refractivity contribution is 8.26. The lowest BCUT2D eigenvalue weighted by Gasteiger charge is -2.08. The number of benzene rings is 4. The van der Waals surface area contributed by atoms with Crippen LogP contribution < -0.4 is 0 Å². The van der Waals surface area contributed by atoms with Gasteiger partial charge in [0.2, 0.25) is 0 Å². The number of halogens is 4. The molecule has 1 aliphatic rings. The Hall–Kier alpha value is -3.56. The number of fused-ring (bicyclic) bond motifs is 2. The topological polar surface area (TPSA) is 42.5 Å². The molecule has 4 aromatic carbocycles. The zero-order valence-electron chi connectivity index (χ0n) is 23.8. The van der Waals surface area contributed by atoms with Crippen molar-refractivity contribution in [3.05, 3.63) is 145 Å². The number of para-hydroxylation sites is 2. The van der Waals surface area contributed by atoms with Gasteiger partial charge in [0.05, 0.1) is 11.1 Å². The first-order valence-electron chi connectivity index (χ1n) is 14.1. The fourth-order valence-corrected chi connectivity index (χ4v) is 7.62. The van der Waals surface area contributed by atoms with Gasteiger partial charge in [-0.05, 0) is 65.8 Å². The predicted octanol–water partition coefficient (Wildman–Crippen LogP) is 10.5. The number of hydrazone groups is 1. The van der Waals surface area contributed by atoms with Crippen molar-refractivity contribution in [3.63, 3.8) is 0 Å². The molecule has 228 valence electrons. The number of thioether (sulfide) groups is 1. The Morgan fingerprint density at radius 3 is 1.80 bits per heavy atom. The van der Waals surface area contributed by atoms with Gasteiger partial charge in [-0.15, -0.1) is 0 Å². The zero-order chi connectivity index (χ0) is 31.9. The summed E-state index contributed by atoms with van der Waals surface area (Å²) in [5.41, 5.74) is 5.66. The molecule has 7 rings (SSSR count). The van der Waals surface area contributed by atoms with Gasteiger partial charge in [-0.25, -0.2) is 0 Å². The Kier molecular flexibility index (Phi) is 8.72. The summed E-state index contributed by atoms with van der Waals surface area (Å²) in [5, 5.41) is 10.2. The molecule has 1 saturated heterocycles. The van der Waals surface area contributed by atoms with Crippen molar-refractivity contribution < 1.29 is 4.79 Å². The molecule has 3 heterocycles. The van der Waals surface area contributed by atoms with Crippen LogP contribution >= 0.6 is 70.4 Å². The molecule has 0 atom stereocenters. The minimum Gasteiger partial charge on any atom is -0.342 e. The van der Waals surface area contributed by atoms with Crippen LogP contribution in [0.1, 0.15) is 22.3 Å². The van der Waals surface area contributed by atoms with Gasteiger partial charge in [-0.1, -0.05) is 107 Å². The van der Waals surface area contributed by atoms with Gasteiger partial charge < -0.3 is 9.13 Å². The summed E-state index contributed by atoms with van der Waals surface area (Å²) < 4.78 is 4.58. The normalized spacial score (nSPS) is 14.6. The second kappa shape index (κ2) is 12.9. The van der Waals surface area contributed by atoms with Crippen LogP contribution in [-0.2, 0) is 17.9 Å². The van der Waals surface area contributed by atoms with Gasteiger partial charge in [-0.2, -0.15) is 10.1 Å². The van der Waals surface area contributed by atoms with E-state index in [1.54, 1.807) is 18.3 Å². The van der Waals surface area contributed by atoms with Crippen molar-refractivity contribution in [2.45, 2.75) is 13.1 Å². The molecule has 0 spiro atoms. The van der Waals surface area contributed by atoms with Gasteiger partial charge in [0, 0.05) is 78.5 Å². The average molecular weight is 721 g/mol. The lowest BCUT2D eigenvalue weighted by molar-refractivity contribution is -0.122. The molecule has 0 radical (unpaired) electrons. The molecule has 0 aliphatic carbocycles. The van der Waals surface area contributed by atoms with Crippen LogP contribution in [0.5, 0.6) is 0 Å². The summed E-state index contributed by atoms with van der Waals surface area (Å²) in [6.07, 6.45) is 7.57. The first-order chi connectivity index (χ1) is 22.2. The lowest BCUT2D eigenvalue weighted by atomic mass is 10.1. The number of amides is 1. The van der Waals surface area contributed by atoms with Gasteiger partial charge in [-0.3, -0.25) is 4.79 Å². The third-order valence-electron chi connectivity index (χ3n) is 7.72. The Morgan fingerprint density at radius 2 is 1.24 bits per heavy atom. The van der Waals surface area contributed by atoms with Gasteiger partial charge in [0.25, 0.3) is 5.91 Å². The molecule has 6 aromatic rings. The van der Waals surface area contributed by atoms with E-state index in [0.717, 1.165) is 44.1 Å². The molecule has 1 fully saturated rings. The molecule has 1 amide bonds. The average Bonchev–Trinajstić information content (AvgIpc) is 3.66. The molecule has 0 bridgehead atoms. The number of rotatable bonds is 7. The maximum Gasteiger partial charge on any atom is 0.286 e. The SMILES string of the molecule is O=C1C(=Cc2cn(Cc3ccc(Cl)cc3Cl)c3ccccc23)SC(=S)N1N=Cc1cn(Cc2ccc(Cl)cc2Cl)c2ccccc12. The highest BCUT2D eigenvalue weighted by Crippen LogP contribution is 2.35. The number of nitrogens with zero attached hydrogens (tertiary/aromatic N) is 4. The number of aromatic nitrogens is 2. The monoisotopic (exact) mass is 718 g/mol. The van der Waals surface area contributed by atoms with Gasteiger partial charge in [0.15, 0.2) is 4.32 Å². The summed E-state index contributed by atoms with van der Waals surface area (Å²) in [6.45, 7) is 1.10. The summed E-state index contributed by atoms with van der Waals surface area (Å²) >= 11 is 32.0. The molecule has 0 N–H and O–H groups in total. The van der Waals surface area contributed by atoms with Crippen molar-refractivity contribution >= 4 is 115 Å². The van der Waals surface area contributed by atoms with Crippen LogP contribution in [0.4, 0.5) is 0 Å². The lowest BCUT2D eigenvalue weighted by Crippen LogP contribution is -2.22. The van der Waals surface area contributed by atoms with E-state index >= 15 is 0 Å². The Morgan fingerprint density at radius 1 is 0.717 bits per heavy atom. The van der Waals surface area contributed by atoms with E-state index in [0.29, 0.717) is 42.4 Å². The maximum atomic E-state index is 13.6. The van der Waals surface area contributed by atoms with Gasteiger partial charge in [0.1, 0.15) is 0 Å². The minimum absolute atomic E-state index is 0.277. The van der Waals surface area contributed by atoms with E-state index in [1.165, 1.54) is 16.8 Å². The number of thiocarbonyl (C=S) groups is 1. The second-order valence-electron chi connectivity index (χ2n) is 10.7. The molecule has 2 aromatic heterocycles. The highest BCUT2D eigenvalue weighted by Gasteiger charge is 2.32. The molecule has 46 heavy (non-hydrogen) atoms. The van der Waals surface area contributed by atoms with Crippen LogP contribution in [0.15, 0.2) is 107 Å². The van der Waals surface area contributed by atoms with E-state index in [1.807, 2.05) is 91.3 Å². The van der Waals surface area contributed by atoms with Crippen molar-refractivity contribution in [1.82, 2.24) is 14.1 Å². The quantitative estimate of drug-likeness (QED) is 0.0937. The van der Waals surface area contributed by atoms with Crippen LogP contribution in [0.3, 0.4) is 0 Å². The Labute approximate surface area is 294 Å². The fraction of sp³-hybridized carbons (Fsp3) is 0.0571. The number of carbonyl (C=O) groups is 1. The molecule has 0 unspecified atom stereocenters. The molecular formula is C35H22Cl4N4OS2. The van der Waals surface area contributed by atoms with E-state index in [-0.39, 0.29) is 5.91 Å². The predicted molar refractivity (Wildman–Crippen MR) is 198 cm³/mol. The molecule has 5 nitrogen and oxygen atoms in total. The van der Waals surface area contributed by atoms with Crippen molar-refractivity contribution in [3.8, 4) is 0 Å². The molecule has 1 aliphatic heterocycles. The standard InChI is InChI=1S/C35H22Cl4N4OS2/c36-25-11-9-21(29(38)14-25)17-41-19-23(27-5-1-3-7-31(27)41)13-33-34(44)43(35(45)46-33)40-16-24-20-42(32-8-4-2-6-28(24)32)18-22-10-12-26(37)15-30(22)39/h1-16,19-20H,17-18H2. The van der Waals surface area contributed by atoms with Crippen molar-refractivity contribution in [1.29, 1.82) is 0 Å². The maximum absolute atomic E-state index is 13.6. The first-order valence-corrected chi connectivity index (χ1v) is 16.8. The van der Waals surface area contributed by atoms with E-state index < -0.39 is 0 Å². The summed E-state index contributed by atoms with van der Waals surface area (Å²) in [5.74, 6) is -0.277. The van der Waals surface area contributed by atoms with Crippen LogP contribution in [0, 0.1) is 0 Å². The molecule has 0 saturated carbocycles. The van der Waals surface area contributed by atoms with Crippen LogP contribution in [0.25, 0.3) is 27.9 Å². The highest BCUT2D eigenvalue weighted by atomic mass is 35.5. The fourth-order valence-electron chi connectivity index (χ4n) is 5.52. The number of hydrogen-bond donors (Lipinski definition) is 0. The smallest absolute Gasteiger partial charge is 0.286 e. The zero-order valence-corrected chi connectivity index (χ0v) is 28.5. The molecular weight excluding hydrogens is 698 g/mol. The van der Waals surface area contributed by atoms with Crippen molar-refractivity contribution in [2.75, 3.05) is 0 Å². The van der Waals surface area contributed by atoms with Crippen LogP contribution in [-0.4, -0.2) is 30.6 Å². The summed E-state index contributed by atoms with van der Waals surface area (Å²) in [4.78, 5) is 14.1. The van der Waals surface area contributed by atoms with Gasteiger partial charge >= 0.3 is 0 Å². The second-order valence-corrected chi connectivity index (χ2v) is 14.0. The Balaban J connectivity index is 1.17. The molecule has 11 heteroatoms. The number of carbonyl (C=O) groups excluding carboxylic acids is 1. The van der Waals surface area contributed by atoms with E-state index in [4.69, 9.17) is 58.6 Å². The largest absolute Gasteiger partial charge is 0.342 e. The van der Waals surface area contributed by atoms with Crippen LogP contribution in [0.2, 0.25) is 20.1 Å². The van der Waals surface area contributed by atoms with E-state index in [9.17, 15) is 4.79 Å². The Bertz CT molecular complexity index is 2250. The summed E-state index contributed by atoms with van der Waals surface area (Å²) in [6, 6.07) is 27.0. The van der Waals surface area contributed by atoms with Crippen molar-refractivity contribution in [2.24, 2.45) is 5.10 Å². The first kappa shape index (κ1) is 31.1. The summed E-state index contributed by atoms with van der Waals surface area (Å²) in [7, 11) is 0.